The van der Waals surface area contributed by atoms with Crippen LogP contribution < -0.4 is 15.5 Å². The predicted molar refractivity (Wildman–Crippen MR) is 116 cm³/mol. The standard InChI is InChI=1S/C20H22BrN3O4S/c1-29(27,28)17-8-9-18-14(13-17)3-2-12-24(18)19(25)10-11-22-20(26)23-16-6-4-15(21)5-7-16/h4-9,13H,2-3,10-12H2,1H3,(H2,22,23,26). The van der Waals surface area contributed by atoms with Crippen LogP contribution in [0.15, 0.2) is 51.8 Å². The number of halogens is 1. The third-order valence-corrected chi connectivity index (χ3v) is 6.26. The van der Waals surface area contributed by atoms with E-state index in [4.69, 9.17) is 0 Å². The number of fused-ring (bicyclic) bond motifs is 1. The minimum Gasteiger partial charge on any atom is -0.337 e. The highest BCUT2D eigenvalue weighted by Gasteiger charge is 2.23. The van der Waals surface area contributed by atoms with E-state index in [9.17, 15) is 18.0 Å². The predicted octanol–water partition coefficient (Wildman–Crippen LogP) is 3.34. The van der Waals surface area contributed by atoms with Gasteiger partial charge in [0.05, 0.1) is 4.90 Å². The molecule has 1 heterocycles. The van der Waals surface area contributed by atoms with Crippen LogP contribution >= 0.6 is 15.9 Å². The van der Waals surface area contributed by atoms with Crippen molar-refractivity contribution >= 4 is 49.1 Å². The van der Waals surface area contributed by atoms with Gasteiger partial charge in [-0.2, -0.15) is 0 Å². The zero-order chi connectivity index (χ0) is 21.0. The molecule has 1 aliphatic heterocycles. The zero-order valence-corrected chi connectivity index (χ0v) is 18.3. The Balaban J connectivity index is 1.56. The van der Waals surface area contributed by atoms with Crippen LogP contribution in [-0.2, 0) is 21.1 Å². The summed E-state index contributed by atoms with van der Waals surface area (Å²) in [6.45, 7) is 0.781. The first-order valence-corrected chi connectivity index (χ1v) is 11.9. The van der Waals surface area contributed by atoms with Gasteiger partial charge in [0.1, 0.15) is 0 Å². The number of benzene rings is 2. The number of hydrogen-bond donors (Lipinski definition) is 2. The Hall–Kier alpha value is -2.39. The third kappa shape index (κ3) is 5.57. The average Bonchev–Trinajstić information content (AvgIpc) is 2.68. The maximum atomic E-state index is 12.7. The van der Waals surface area contributed by atoms with Crippen molar-refractivity contribution in [3.8, 4) is 0 Å². The van der Waals surface area contributed by atoms with Gasteiger partial charge in [-0.25, -0.2) is 13.2 Å². The third-order valence-electron chi connectivity index (χ3n) is 4.63. The maximum absolute atomic E-state index is 12.7. The number of rotatable bonds is 5. The average molecular weight is 480 g/mol. The summed E-state index contributed by atoms with van der Waals surface area (Å²) in [6, 6.07) is 11.7. The normalized spacial score (nSPS) is 13.5. The molecule has 3 rings (SSSR count). The quantitative estimate of drug-likeness (QED) is 0.687. The largest absolute Gasteiger partial charge is 0.337 e. The molecule has 29 heavy (non-hydrogen) atoms. The van der Waals surface area contributed by atoms with Gasteiger partial charge in [0.15, 0.2) is 9.84 Å². The molecular weight excluding hydrogens is 458 g/mol. The molecular formula is C20H22BrN3O4S. The molecule has 2 aromatic rings. The first-order valence-electron chi connectivity index (χ1n) is 9.18. The first-order chi connectivity index (χ1) is 13.7. The monoisotopic (exact) mass is 479 g/mol. The molecule has 0 spiro atoms. The van der Waals surface area contributed by atoms with Gasteiger partial charge in [-0.1, -0.05) is 15.9 Å². The number of anilines is 2. The van der Waals surface area contributed by atoms with E-state index in [2.05, 4.69) is 26.6 Å². The van der Waals surface area contributed by atoms with Crippen molar-refractivity contribution in [2.75, 3.05) is 29.6 Å². The van der Waals surface area contributed by atoms with Crippen LogP contribution in [-0.4, -0.2) is 39.7 Å². The molecule has 2 N–H and O–H groups in total. The molecule has 0 fully saturated rings. The molecule has 0 bridgehead atoms. The lowest BCUT2D eigenvalue weighted by Gasteiger charge is -2.30. The van der Waals surface area contributed by atoms with Crippen molar-refractivity contribution in [1.82, 2.24) is 5.32 Å². The summed E-state index contributed by atoms with van der Waals surface area (Å²) in [7, 11) is -3.29. The van der Waals surface area contributed by atoms with Crippen LogP contribution in [0.25, 0.3) is 0 Å². The van der Waals surface area contributed by atoms with E-state index >= 15 is 0 Å². The molecule has 1 aliphatic rings. The number of nitrogens with zero attached hydrogens (tertiary/aromatic N) is 1. The lowest BCUT2D eigenvalue weighted by molar-refractivity contribution is -0.118. The smallest absolute Gasteiger partial charge is 0.319 e. The Morgan fingerprint density at radius 3 is 2.55 bits per heavy atom. The summed E-state index contributed by atoms with van der Waals surface area (Å²) in [5, 5.41) is 5.39. The number of urea groups is 1. The summed E-state index contributed by atoms with van der Waals surface area (Å²) < 4.78 is 24.4. The van der Waals surface area contributed by atoms with Crippen LogP contribution in [0.5, 0.6) is 0 Å². The van der Waals surface area contributed by atoms with Gasteiger partial charge in [-0.3, -0.25) is 4.79 Å². The second-order valence-electron chi connectivity index (χ2n) is 6.85. The minimum atomic E-state index is -3.29. The van der Waals surface area contributed by atoms with E-state index < -0.39 is 9.84 Å². The maximum Gasteiger partial charge on any atom is 0.319 e. The molecule has 0 saturated carbocycles. The number of carbonyl (C=O) groups is 2. The fourth-order valence-corrected chi connectivity index (χ4v) is 4.13. The highest BCUT2D eigenvalue weighted by molar-refractivity contribution is 9.10. The highest BCUT2D eigenvalue weighted by atomic mass is 79.9. The summed E-state index contributed by atoms with van der Waals surface area (Å²) in [4.78, 5) is 26.5. The van der Waals surface area contributed by atoms with Crippen LogP contribution in [0.2, 0.25) is 0 Å². The Kier molecular flexibility index (Phi) is 6.59. The minimum absolute atomic E-state index is 0.109. The molecule has 2 aromatic carbocycles. The van der Waals surface area contributed by atoms with E-state index in [-0.39, 0.29) is 29.8 Å². The first kappa shape index (κ1) is 21.3. The van der Waals surface area contributed by atoms with Crippen LogP contribution in [0.4, 0.5) is 16.2 Å². The molecule has 0 unspecified atom stereocenters. The van der Waals surface area contributed by atoms with Crippen molar-refractivity contribution in [1.29, 1.82) is 0 Å². The second-order valence-corrected chi connectivity index (χ2v) is 9.78. The van der Waals surface area contributed by atoms with Gasteiger partial charge >= 0.3 is 6.03 Å². The van der Waals surface area contributed by atoms with Crippen LogP contribution in [0, 0.1) is 0 Å². The lowest BCUT2D eigenvalue weighted by atomic mass is 10.0. The summed E-state index contributed by atoms with van der Waals surface area (Å²) in [6.07, 6.45) is 2.83. The Morgan fingerprint density at radius 2 is 1.86 bits per heavy atom. The number of hydrogen-bond acceptors (Lipinski definition) is 4. The Labute approximate surface area is 178 Å². The number of amides is 3. The molecule has 3 amide bonds. The van der Waals surface area contributed by atoms with Crippen molar-refractivity contribution in [3.05, 3.63) is 52.5 Å². The van der Waals surface area contributed by atoms with Gasteiger partial charge in [-0.15, -0.1) is 0 Å². The molecule has 9 heteroatoms. The number of carbonyl (C=O) groups excluding carboxylic acids is 2. The van der Waals surface area contributed by atoms with Gasteiger partial charge in [0.2, 0.25) is 5.91 Å². The molecule has 0 aromatic heterocycles. The Bertz CT molecular complexity index is 1020. The van der Waals surface area contributed by atoms with Gasteiger partial charge in [-0.05, 0) is 60.9 Å². The molecule has 0 saturated heterocycles. The van der Waals surface area contributed by atoms with Crippen molar-refractivity contribution in [2.24, 2.45) is 0 Å². The molecule has 0 aliphatic carbocycles. The fourth-order valence-electron chi connectivity index (χ4n) is 3.19. The van der Waals surface area contributed by atoms with Gasteiger partial charge in [0, 0.05) is 41.6 Å². The van der Waals surface area contributed by atoms with Crippen molar-refractivity contribution < 1.29 is 18.0 Å². The molecule has 0 atom stereocenters. The van der Waals surface area contributed by atoms with Crippen LogP contribution in [0.1, 0.15) is 18.4 Å². The fraction of sp³-hybridized carbons (Fsp3) is 0.300. The van der Waals surface area contributed by atoms with Crippen molar-refractivity contribution in [2.45, 2.75) is 24.2 Å². The van der Waals surface area contributed by atoms with E-state index in [1.165, 1.54) is 12.3 Å². The molecule has 0 radical (unpaired) electrons. The number of sulfone groups is 1. The highest BCUT2D eigenvalue weighted by Crippen LogP contribution is 2.29. The second kappa shape index (κ2) is 8.96. The Morgan fingerprint density at radius 1 is 1.14 bits per heavy atom. The SMILES string of the molecule is CS(=O)(=O)c1ccc2c(c1)CCCN2C(=O)CCNC(=O)Nc1ccc(Br)cc1. The number of nitrogens with one attached hydrogen (secondary N) is 2. The van der Waals surface area contributed by atoms with Gasteiger partial charge < -0.3 is 15.5 Å². The van der Waals surface area contributed by atoms with Crippen molar-refractivity contribution in [3.63, 3.8) is 0 Å². The summed E-state index contributed by atoms with van der Waals surface area (Å²) in [5.41, 5.74) is 2.25. The van der Waals surface area contributed by atoms with E-state index in [1.807, 2.05) is 12.1 Å². The lowest BCUT2D eigenvalue weighted by Crippen LogP contribution is -2.38. The van der Waals surface area contributed by atoms with Gasteiger partial charge in [0.25, 0.3) is 0 Å². The zero-order valence-electron chi connectivity index (χ0n) is 15.9. The molecule has 154 valence electrons. The van der Waals surface area contributed by atoms with E-state index in [1.54, 1.807) is 29.2 Å². The topological polar surface area (TPSA) is 95.6 Å². The summed E-state index contributed by atoms with van der Waals surface area (Å²) in [5.74, 6) is -0.109. The molecule has 7 nitrogen and oxygen atoms in total. The van der Waals surface area contributed by atoms with E-state index in [0.29, 0.717) is 12.2 Å². The van der Waals surface area contributed by atoms with E-state index in [0.717, 1.165) is 28.6 Å². The van der Waals surface area contributed by atoms with Crippen LogP contribution in [0.3, 0.4) is 0 Å². The summed E-state index contributed by atoms with van der Waals surface area (Å²) >= 11 is 3.33. The number of aryl methyl sites for hydroxylation is 1.